The first-order valence-corrected chi connectivity index (χ1v) is 6.31. The molecule has 0 amide bonds. The van der Waals surface area contributed by atoms with Crippen LogP contribution in [0.3, 0.4) is 0 Å². The highest BCUT2D eigenvalue weighted by Crippen LogP contribution is 2.37. The molecular weight excluding hydrogens is 226 g/mol. The van der Waals surface area contributed by atoms with E-state index >= 15 is 0 Å². The Kier molecular flexibility index (Phi) is 3.47. The fourth-order valence-corrected chi connectivity index (χ4v) is 2.31. The number of fused-ring (bicyclic) bond motifs is 1. The van der Waals surface area contributed by atoms with Crippen molar-refractivity contribution in [3.63, 3.8) is 0 Å². The lowest BCUT2D eigenvalue weighted by molar-refractivity contribution is 0.0842. The van der Waals surface area contributed by atoms with Crippen molar-refractivity contribution in [2.24, 2.45) is 0 Å². The minimum atomic E-state index is -0.105. The van der Waals surface area contributed by atoms with Crippen molar-refractivity contribution in [2.45, 2.75) is 45.1 Å². The second-order valence-electron chi connectivity index (χ2n) is 5.29. The summed E-state index contributed by atoms with van der Waals surface area (Å²) in [4.78, 5) is 0. The minimum absolute atomic E-state index is 0.105. The first kappa shape index (κ1) is 12.8. The number of rotatable bonds is 3. The van der Waals surface area contributed by atoms with E-state index in [2.05, 4.69) is 26.0 Å². The van der Waals surface area contributed by atoms with Crippen LogP contribution >= 0.6 is 0 Å². The molecule has 1 aliphatic rings. The predicted molar refractivity (Wildman–Crippen MR) is 70.0 cm³/mol. The van der Waals surface area contributed by atoms with Gasteiger partial charge < -0.3 is 9.47 Å². The fourth-order valence-electron chi connectivity index (χ4n) is 2.31. The van der Waals surface area contributed by atoms with Gasteiger partial charge in [0.2, 0.25) is 0 Å². The molecule has 0 radical (unpaired) electrons. The Morgan fingerprint density at radius 2 is 2.22 bits per heavy atom. The third kappa shape index (κ3) is 2.59. The highest BCUT2D eigenvalue weighted by molar-refractivity contribution is 5.48. The van der Waals surface area contributed by atoms with Gasteiger partial charge in [-0.25, -0.2) is 0 Å². The molecule has 0 saturated heterocycles. The number of benzene rings is 1. The molecule has 0 unspecified atom stereocenters. The van der Waals surface area contributed by atoms with Crippen LogP contribution in [0.4, 0.5) is 0 Å². The van der Waals surface area contributed by atoms with E-state index in [1.54, 1.807) is 7.11 Å². The van der Waals surface area contributed by atoms with Crippen molar-refractivity contribution >= 4 is 0 Å². The SMILES string of the molecule is COc1cc2c(cc1CCC#N)CCC(C)(C)O2. The Labute approximate surface area is 108 Å². The van der Waals surface area contributed by atoms with E-state index in [1.807, 2.05) is 6.07 Å². The highest BCUT2D eigenvalue weighted by atomic mass is 16.5. The summed E-state index contributed by atoms with van der Waals surface area (Å²) >= 11 is 0. The zero-order valence-corrected chi connectivity index (χ0v) is 11.2. The summed E-state index contributed by atoms with van der Waals surface area (Å²) in [5, 5.41) is 8.68. The van der Waals surface area contributed by atoms with Gasteiger partial charge in [0.05, 0.1) is 13.2 Å². The van der Waals surface area contributed by atoms with Crippen LogP contribution in [0.5, 0.6) is 11.5 Å². The lowest BCUT2D eigenvalue weighted by Crippen LogP contribution is -2.32. The van der Waals surface area contributed by atoms with E-state index in [4.69, 9.17) is 14.7 Å². The molecule has 1 aliphatic heterocycles. The molecule has 0 N–H and O–H groups in total. The Morgan fingerprint density at radius 3 is 2.89 bits per heavy atom. The summed E-state index contributed by atoms with van der Waals surface area (Å²) in [6.07, 6.45) is 3.29. The zero-order chi connectivity index (χ0) is 13.2. The van der Waals surface area contributed by atoms with Crippen LogP contribution in [0.1, 0.15) is 37.8 Å². The molecule has 1 aromatic carbocycles. The van der Waals surface area contributed by atoms with E-state index in [0.717, 1.165) is 36.3 Å². The molecule has 0 atom stereocenters. The molecule has 0 aromatic heterocycles. The number of aryl methyl sites for hydroxylation is 2. The quantitative estimate of drug-likeness (QED) is 0.820. The topological polar surface area (TPSA) is 42.2 Å². The van der Waals surface area contributed by atoms with Crippen LogP contribution in [-0.4, -0.2) is 12.7 Å². The number of nitrogens with zero attached hydrogens (tertiary/aromatic N) is 1. The number of hydrogen-bond donors (Lipinski definition) is 0. The van der Waals surface area contributed by atoms with Gasteiger partial charge in [-0.2, -0.15) is 5.26 Å². The summed E-state index contributed by atoms with van der Waals surface area (Å²) in [5.41, 5.74) is 2.22. The molecule has 0 bridgehead atoms. The van der Waals surface area contributed by atoms with Gasteiger partial charge in [0, 0.05) is 12.5 Å². The Morgan fingerprint density at radius 1 is 1.44 bits per heavy atom. The number of hydrogen-bond acceptors (Lipinski definition) is 3. The van der Waals surface area contributed by atoms with Gasteiger partial charge in [-0.1, -0.05) is 0 Å². The first-order chi connectivity index (χ1) is 8.55. The van der Waals surface area contributed by atoms with Crippen LogP contribution < -0.4 is 9.47 Å². The second kappa shape index (κ2) is 4.89. The molecule has 1 aromatic rings. The van der Waals surface area contributed by atoms with Crippen molar-refractivity contribution in [1.82, 2.24) is 0 Å². The normalized spacial score (nSPS) is 16.3. The van der Waals surface area contributed by atoms with E-state index in [0.29, 0.717) is 6.42 Å². The molecule has 2 rings (SSSR count). The molecule has 96 valence electrons. The summed E-state index contributed by atoms with van der Waals surface area (Å²) in [7, 11) is 1.66. The lowest BCUT2D eigenvalue weighted by atomic mass is 9.92. The largest absolute Gasteiger partial charge is 0.496 e. The summed E-state index contributed by atoms with van der Waals surface area (Å²) in [6.45, 7) is 4.21. The third-order valence-electron chi connectivity index (χ3n) is 3.35. The molecule has 0 fully saturated rings. The monoisotopic (exact) mass is 245 g/mol. The summed E-state index contributed by atoms with van der Waals surface area (Å²) in [6, 6.07) is 6.26. The van der Waals surface area contributed by atoms with Crippen molar-refractivity contribution in [3.05, 3.63) is 23.3 Å². The van der Waals surface area contributed by atoms with E-state index < -0.39 is 0 Å². The second-order valence-corrected chi connectivity index (χ2v) is 5.29. The Hall–Kier alpha value is -1.69. The van der Waals surface area contributed by atoms with Crippen LogP contribution in [0.15, 0.2) is 12.1 Å². The van der Waals surface area contributed by atoms with Gasteiger partial charge >= 0.3 is 0 Å². The lowest BCUT2D eigenvalue weighted by Gasteiger charge is -2.33. The van der Waals surface area contributed by atoms with Gasteiger partial charge in [0.15, 0.2) is 0 Å². The Bertz CT molecular complexity index is 486. The highest BCUT2D eigenvalue weighted by Gasteiger charge is 2.27. The van der Waals surface area contributed by atoms with Crippen LogP contribution in [-0.2, 0) is 12.8 Å². The summed E-state index contributed by atoms with van der Waals surface area (Å²) in [5.74, 6) is 1.74. The van der Waals surface area contributed by atoms with Crippen molar-refractivity contribution in [2.75, 3.05) is 7.11 Å². The number of methoxy groups -OCH3 is 1. The maximum atomic E-state index is 8.68. The molecule has 1 heterocycles. The van der Waals surface area contributed by atoms with Gasteiger partial charge in [0.25, 0.3) is 0 Å². The smallest absolute Gasteiger partial charge is 0.127 e. The average molecular weight is 245 g/mol. The summed E-state index contributed by atoms with van der Waals surface area (Å²) < 4.78 is 11.4. The molecule has 3 heteroatoms. The Balaban J connectivity index is 2.34. The third-order valence-corrected chi connectivity index (χ3v) is 3.35. The van der Waals surface area contributed by atoms with Gasteiger partial charge in [0.1, 0.15) is 17.1 Å². The van der Waals surface area contributed by atoms with E-state index in [9.17, 15) is 0 Å². The first-order valence-electron chi connectivity index (χ1n) is 6.31. The maximum absolute atomic E-state index is 8.68. The molecule has 0 saturated carbocycles. The number of nitriles is 1. The molecule has 0 spiro atoms. The van der Waals surface area contributed by atoms with Gasteiger partial charge in [-0.15, -0.1) is 0 Å². The van der Waals surface area contributed by atoms with Gasteiger partial charge in [-0.05, 0) is 50.3 Å². The van der Waals surface area contributed by atoms with Crippen molar-refractivity contribution < 1.29 is 9.47 Å². The molecule has 0 aliphatic carbocycles. The fraction of sp³-hybridized carbons (Fsp3) is 0.533. The zero-order valence-electron chi connectivity index (χ0n) is 11.2. The molecule has 3 nitrogen and oxygen atoms in total. The van der Waals surface area contributed by atoms with Crippen molar-refractivity contribution in [3.8, 4) is 17.6 Å². The average Bonchev–Trinajstić information content (AvgIpc) is 2.34. The van der Waals surface area contributed by atoms with Gasteiger partial charge in [-0.3, -0.25) is 0 Å². The molecule has 18 heavy (non-hydrogen) atoms. The van der Waals surface area contributed by atoms with Crippen LogP contribution in [0.25, 0.3) is 0 Å². The predicted octanol–water partition coefficient (Wildman–Crippen LogP) is 3.25. The van der Waals surface area contributed by atoms with E-state index in [1.165, 1.54) is 5.56 Å². The van der Waals surface area contributed by atoms with Crippen molar-refractivity contribution in [1.29, 1.82) is 5.26 Å². The standard InChI is InChI=1S/C15H19NO2/c1-15(2)7-6-12-9-11(5-4-8-16)13(17-3)10-14(12)18-15/h9-10H,4-7H2,1-3H3. The maximum Gasteiger partial charge on any atom is 0.127 e. The van der Waals surface area contributed by atoms with E-state index in [-0.39, 0.29) is 5.60 Å². The number of ether oxygens (including phenoxy) is 2. The molecular formula is C15H19NO2. The minimum Gasteiger partial charge on any atom is -0.496 e. The van der Waals surface area contributed by atoms with Crippen LogP contribution in [0, 0.1) is 11.3 Å². The van der Waals surface area contributed by atoms with Crippen LogP contribution in [0.2, 0.25) is 0 Å².